The quantitative estimate of drug-likeness (QED) is 0.258. The number of rotatable bonds is 4. The average Bonchev–Trinajstić information content (AvgIpc) is 3.48. The molecule has 1 amide bonds. The molecule has 4 aliphatic heterocycles. The molecular formula is C48H64N2O14. The Morgan fingerprint density at radius 2 is 1.50 bits per heavy atom. The number of benzene rings is 1. The lowest BCUT2D eigenvalue weighted by atomic mass is 9.78. The van der Waals surface area contributed by atoms with Crippen LogP contribution in [0, 0.1) is 36.0 Å². The number of hydrogen-bond acceptors (Lipinski definition) is 15. The van der Waals surface area contributed by atoms with Crippen molar-refractivity contribution >= 4 is 35.2 Å². The highest BCUT2D eigenvalue weighted by molar-refractivity contribution is 6.32. The second-order valence-corrected chi connectivity index (χ2v) is 18.8. The van der Waals surface area contributed by atoms with Crippen molar-refractivity contribution in [1.29, 1.82) is 0 Å². The Kier molecular flexibility index (Phi) is 14.9. The molecule has 6 rings (SSSR count). The molecule has 0 aromatic heterocycles. The van der Waals surface area contributed by atoms with E-state index in [1.54, 1.807) is 79.4 Å². The van der Waals surface area contributed by atoms with Crippen LogP contribution in [-0.4, -0.2) is 113 Å². The molecule has 350 valence electrons. The zero-order chi connectivity index (χ0) is 47.9. The summed E-state index contributed by atoms with van der Waals surface area (Å²) in [6.45, 7) is 21.2. The molecule has 0 radical (unpaired) electrons. The molecule has 5 bridgehead atoms. The lowest BCUT2D eigenvalue weighted by molar-refractivity contribution is -0.160. The number of aliphatic hydroxyl groups excluding tert-OH is 2. The van der Waals surface area contributed by atoms with Gasteiger partial charge in [-0.3, -0.25) is 28.8 Å². The van der Waals surface area contributed by atoms with Gasteiger partial charge in [0.2, 0.25) is 11.6 Å². The van der Waals surface area contributed by atoms with Gasteiger partial charge in [-0.2, -0.15) is 0 Å². The molecule has 1 aromatic rings. The van der Waals surface area contributed by atoms with E-state index in [0.717, 1.165) is 0 Å². The maximum absolute atomic E-state index is 15.3. The van der Waals surface area contributed by atoms with Gasteiger partial charge in [0.15, 0.2) is 0 Å². The van der Waals surface area contributed by atoms with Crippen LogP contribution in [0.3, 0.4) is 0 Å². The first-order valence-electron chi connectivity index (χ1n) is 21.7. The Labute approximate surface area is 375 Å². The molecule has 4 heterocycles. The largest absolute Gasteiger partial charge is 0.462 e. The minimum Gasteiger partial charge on any atom is -0.462 e. The highest BCUT2D eigenvalue weighted by Crippen LogP contribution is 2.50. The number of amides is 1. The van der Waals surface area contributed by atoms with E-state index in [1.807, 2.05) is 0 Å². The summed E-state index contributed by atoms with van der Waals surface area (Å²) >= 11 is 0. The summed E-state index contributed by atoms with van der Waals surface area (Å²) in [4.78, 5) is 87.0. The fourth-order valence-electron chi connectivity index (χ4n) is 8.70. The smallest absolute Gasteiger partial charge is 0.316 e. The van der Waals surface area contributed by atoms with Crippen molar-refractivity contribution in [3.8, 4) is 11.5 Å². The number of esters is 2. The lowest BCUT2D eigenvalue weighted by Crippen LogP contribution is -2.49. The van der Waals surface area contributed by atoms with Gasteiger partial charge in [-0.1, -0.05) is 45.9 Å². The van der Waals surface area contributed by atoms with Crippen LogP contribution >= 0.6 is 0 Å². The predicted octanol–water partition coefficient (Wildman–Crippen LogP) is 5.31. The maximum atomic E-state index is 15.3. The molecule has 1 aliphatic carbocycles. The first kappa shape index (κ1) is 49.8. The van der Waals surface area contributed by atoms with Crippen molar-refractivity contribution in [3.63, 3.8) is 0 Å². The Morgan fingerprint density at radius 1 is 0.875 bits per heavy atom. The second-order valence-electron chi connectivity index (χ2n) is 18.8. The van der Waals surface area contributed by atoms with Crippen molar-refractivity contribution < 1.29 is 67.4 Å². The van der Waals surface area contributed by atoms with Crippen molar-refractivity contribution in [3.05, 3.63) is 69.8 Å². The fourth-order valence-corrected chi connectivity index (χ4v) is 8.70. The number of nitrogens with one attached hydrogen (secondary N) is 1. The van der Waals surface area contributed by atoms with Gasteiger partial charge in [0.1, 0.15) is 29.0 Å². The number of ether oxygens (including phenoxy) is 6. The molecule has 16 heteroatoms. The summed E-state index contributed by atoms with van der Waals surface area (Å²) in [6, 6.07) is 0. The predicted molar refractivity (Wildman–Crippen MR) is 233 cm³/mol. The van der Waals surface area contributed by atoms with E-state index < -0.39 is 112 Å². The van der Waals surface area contributed by atoms with Gasteiger partial charge in [0.25, 0.3) is 11.7 Å². The van der Waals surface area contributed by atoms with E-state index in [1.165, 1.54) is 53.2 Å². The van der Waals surface area contributed by atoms with Crippen molar-refractivity contribution in [2.45, 2.75) is 132 Å². The second kappa shape index (κ2) is 19.1. The van der Waals surface area contributed by atoms with Crippen LogP contribution in [0.5, 0.6) is 11.5 Å². The van der Waals surface area contributed by atoms with Crippen LogP contribution in [0.25, 0.3) is 0 Å². The van der Waals surface area contributed by atoms with Gasteiger partial charge in [-0.25, -0.2) is 0 Å². The number of allylic oxidation sites excluding steroid dienone is 4. The summed E-state index contributed by atoms with van der Waals surface area (Å²) in [5.74, 6) is -9.82. The van der Waals surface area contributed by atoms with Crippen LogP contribution in [0.4, 0.5) is 0 Å². The highest BCUT2D eigenvalue weighted by Gasteiger charge is 2.54. The van der Waals surface area contributed by atoms with E-state index in [0.29, 0.717) is 0 Å². The Morgan fingerprint density at radius 3 is 2.08 bits per heavy atom. The van der Waals surface area contributed by atoms with Crippen molar-refractivity contribution in [2.24, 2.45) is 29.1 Å². The van der Waals surface area contributed by atoms with Crippen LogP contribution in [0.1, 0.15) is 120 Å². The standard InChI is InChI=1S/C48H64N2O14/c1-22-16-15-17-23(2)45(57)49-35-36(50-20-24(3)61-25(4)21-50)40(55)32-33(39(35)54)42(63-46(58)47(10,11)12)29(8)43-34(32)44(56)48(13,64-43)60-19-18-31(59-14)26(5)41(62-30(9)51)28(7)38(53)27(6)37(22)52/h15-19,22,24-28,31,37-38,41,52-53H,20-21H2,1-14H3,(H,49,57). The van der Waals surface area contributed by atoms with Crippen LogP contribution in [0.15, 0.2) is 47.5 Å². The van der Waals surface area contributed by atoms with Crippen molar-refractivity contribution in [2.75, 3.05) is 20.2 Å². The highest BCUT2D eigenvalue weighted by atomic mass is 16.7. The average molecular weight is 893 g/mol. The topological polar surface area (TPSA) is 214 Å². The summed E-state index contributed by atoms with van der Waals surface area (Å²) in [5, 5.41) is 25.7. The molecule has 5 aliphatic rings. The zero-order valence-electron chi connectivity index (χ0n) is 39.3. The van der Waals surface area contributed by atoms with Gasteiger partial charge >= 0.3 is 17.7 Å². The van der Waals surface area contributed by atoms with Crippen LogP contribution in [-0.2, 0) is 33.3 Å². The molecule has 0 saturated carbocycles. The number of carbonyl (C=O) groups excluding carboxylic acids is 6. The first-order valence-corrected chi connectivity index (χ1v) is 21.7. The minimum atomic E-state index is -2.14. The van der Waals surface area contributed by atoms with E-state index in [-0.39, 0.29) is 58.2 Å². The van der Waals surface area contributed by atoms with E-state index in [9.17, 15) is 29.4 Å². The number of nitrogens with zero attached hydrogens (tertiary/aromatic N) is 1. The van der Waals surface area contributed by atoms with Crippen LogP contribution < -0.4 is 14.8 Å². The lowest BCUT2D eigenvalue weighted by Gasteiger charge is -2.39. The zero-order valence-corrected chi connectivity index (χ0v) is 39.3. The molecule has 11 unspecified atom stereocenters. The van der Waals surface area contributed by atoms with Gasteiger partial charge in [0.05, 0.1) is 58.9 Å². The summed E-state index contributed by atoms with van der Waals surface area (Å²) < 4.78 is 35.9. The Bertz CT molecular complexity index is 2190. The molecule has 0 spiro atoms. The number of carbonyl (C=O) groups is 6. The molecule has 1 fully saturated rings. The molecule has 1 aromatic carbocycles. The summed E-state index contributed by atoms with van der Waals surface area (Å²) in [7, 11) is 1.42. The van der Waals surface area contributed by atoms with Crippen molar-refractivity contribution in [1.82, 2.24) is 10.2 Å². The summed E-state index contributed by atoms with van der Waals surface area (Å²) in [6.07, 6.45) is 2.53. The number of fused-ring (bicyclic) bond motifs is 14. The van der Waals surface area contributed by atoms with Gasteiger partial charge in [-0.05, 0) is 54.5 Å². The third kappa shape index (κ3) is 9.75. The number of methoxy groups -OCH3 is 1. The fraction of sp³-hybridized carbons (Fsp3) is 0.583. The summed E-state index contributed by atoms with van der Waals surface area (Å²) in [5.41, 5.74) is -2.55. The Balaban J connectivity index is 1.77. The maximum Gasteiger partial charge on any atom is 0.316 e. The normalized spacial score (nSPS) is 31.9. The molecule has 64 heavy (non-hydrogen) atoms. The number of Topliss-reactive ketones (excluding diaryl/α,β-unsaturated/α-hetero) is 3. The number of hydrogen-bond donors (Lipinski definition) is 3. The van der Waals surface area contributed by atoms with Gasteiger partial charge in [-0.15, -0.1) is 0 Å². The van der Waals surface area contributed by atoms with E-state index >= 15 is 9.59 Å². The van der Waals surface area contributed by atoms with E-state index in [4.69, 9.17) is 28.4 Å². The third-order valence-corrected chi connectivity index (χ3v) is 12.5. The number of ketones is 3. The van der Waals surface area contributed by atoms with Gasteiger partial charge in [0, 0.05) is 68.9 Å². The Hall–Kier alpha value is -5.16. The molecule has 1 saturated heterocycles. The SMILES string of the molecule is COC1C=COC2(C)Oc3c(C)c(OC(=O)C(C)(C)C)c4c(c3C2=O)C(=O)C(N2CC(C)OC(C)C2)=C(NC(=O)C(C)=CC=CC(C)C(O)C(C)C(O)C(C)C(OC(C)=O)C1C)C4=O. The van der Waals surface area contributed by atoms with E-state index in [2.05, 4.69) is 5.32 Å². The third-order valence-electron chi connectivity index (χ3n) is 12.5. The number of aliphatic hydroxyl groups is 2. The number of morpholine rings is 1. The minimum absolute atomic E-state index is 0.0531. The molecular weight excluding hydrogens is 829 g/mol. The molecule has 11 atom stereocenters. The first-order chi connectivity index (χ1) is 29.7. The van der Waals surface area contributed by atoms with Gasteiger partial charge < -0.3 is 48.9 Å². The molecule has 16 nitrogen and oxygen atoms in total. The molecule has 3 N–H and O–H groups in total. The monoisotopic (exact) mass is 892 g/mol. The van der Waals surface area contributed by atoms with Crippen LogP contribution in [0.2, 0.25) is 0 Å².